The van der Waals surface area contributed by atoms with Crippen LogP contribution in [0.2, 0.25) is 5.02 Å². The standard InChI is InChI=1S/C17H30ClN3/c1-4-21-16(17(18)13(2)20-21)12-15(19-3)14-10-8-6-5-7-9-11-14/h14-15,19H,4-12H2,1-3H3. The number of hydrogen-bond acceptors (Lipinski definition) is 2. The van der Waals surface area contributed by atoms with Gasteiger partial charge in [-0.2, -0.15) is 5.10 Å². The summed E-state index contributed by atoms with van der Waals surface area (Å²) >= 11 is 6.48. The number of aryl methyl sites for hydroxylation is 2. The highest BCUT2D eigenvalue weighted by Gasteiger charge is 2.24. The minimum absolute atomic E-state index is 0.516. The quantitative estimate of drug-likeness (QED) is 0.876. The fraction of sp³-hybridized carbons (Fsp3) is 0.824. The summed E-state index contributed by atoms with van der Waals surface area (Å²) in [5.74, 6) is 0.770. The summed E-state index contributed by atoms with van der Waals surface area (Å²) < 4.78 is 2.07. The molecular weight excluding hydrogens is 282 g/mol. The molecule has 0 amide bonds. The second-order valence-corrected chi connectivity index (χ2v) is 6.74. The van der Waals surface area contributed by atoms with Crippen molar-refractivity contribution >= 4 is 11.6 Å². The van der Waals surface area contributed by atoms with E-state index in [1.165, 1.54) is 50.6 Å². The molecule has 1 heterocycles. The third-order valence-corrected chi connectivity index (χ3v) is 5.45. The first-order valence-electron chi connectivity index (χ1n) is 8.56. The summed E-state index contributed by atoms with van der Waals surface area (Å²) in [4.78, 5) is 0. The number of likely N-dealkylation sites (N-methyl/N-ethyl adjacent to an activating group) is 1. The molecule has 1 fully saturated rings. The smallest absolute Gasteiger partial charge is 0.0847 e. The monoisotopic (exact) mass is 311 g/mol. The summed E-state index contributed by atoms with van der Waals surface area (Å²) in [5, 5.41) is 8.97. The summed E-state index contributed by atoms with van der Waals surface area (Å²) in [7, 11) is 2.09. The van der Waals surface area contributed by atoms with E-state index in [0.717, 1.165) is 29.6 Å². The van der Waals surface area contributed by atoms with Crippen LogP contribution in [0.1, 0.15) is 63.3 Å². The van der Waals surface area contributed by atoms with Gasteiger partial charge in [-0.15, -0.1) is 0 Å². The molecule has 0 saturated heterocycles. The highest BCUT2D eigenvalue weighted by Crippen LogP contribution is 2.29. The molecule has 1 aliphatic rings. The van der Waals surface area contributed by atoms with Crippen molar-refractivity contribution in [2.24, 2.45) is 5.92 Å². The van der Waals surface area contributed by atoms with Gasteiger partial charge >= 0.3 is 0 Å². The largest absolute Gasteiger partial charge is 0.316 e. The van der Waals surface area contributed by atoms with Crippen molar-refractivity contribution < 1.29 is 0 Å². The molecule has 1 atom stereocenters. The van der Waals surface area contributed by atoms with E-state index in [0.29, 0.717) is 6.04 Å². The number of aromatic nitrogens is 2. The van der Waals surface area contributed by atoms with Gasteiger partial charge in [-0.25, -0.2) is 0 Å². The van der Waals surface area contributed by atoms with Gasteiger partial charge in [0.1, 0.15) is 0 Å². The first-order chi connectivity index (χ1) is 10.2. The van der Waals surface area contributed by atoms with Crippen LogP contribution in [0.15, 0.2) is 0 Å². The lowest BCUT2D eigenvalue weighted by Crippen LogP contribution is -2.36. The second kappa shape index (κ2) is 8.19. The van der Waals surface area contributed by atoms with Gasteiger partial charge in [-0.05, 0) is 39.7 Å². The molecular formula is C17H30ClN3. The fourth-order valence-corrected chi connectivity index (χ4v) is 3.88. The molecule has 0 aliphatic heterocycles. The summed E-state index contributed by atoms with van der Waals surface area (Å²) in [5.41, 5.74) is 2.17. The molecule has 4 heteroatoms. The maximum atomic E-state index is 6.48. The third kappa shape index (κ3) is 4.23. The van der Waals surface area contributed by atoms with Crippen molar-refractivity contribution in [2.45, 2.75) is 77.8 Å². The van der Waals surface area contributed by atoms with Crippen LogP contribution in [0.5, 0.6) is 0 Å². The van der Waals surface area contributed by atoms with Gasteiger partial charge in [0.2, 0.25) is 0 Å². The topological polar surface area (TPSA) is 29.9 Å². The summed E-state index contributed by atoms with van der Waals surface area (Å²) in [6.07, 6.45) is 10.7. The lowest BCUT2D eigenvalue weighted by Gasteiger charge is -2.29. The predicted octanol–water partition coefficient (Wildman–Crippen LogP) is 4.36. The Morgan fingerprint density at radius 3 is 2.43 bits per heavy atom. The number of hydrogen-bond donors (Lipinski definition) is 1. The van der Waals surface area contributed by atoms with Crippen LogP contribution in [-0.2, 0) is 13.0 Å². The van der Waals surface area contributed by atoms with Crippen molar-refractivity contribution in [3.63, 3.8) is 0 Å². The Balaban J connectivity index is 2.10. The zero-order valence-corrected chi connectivity index (χ0v) is 14.5. The maximum absolute atomic E-state index is 6.48. The van der Waals surface area contributed by atoms with Gasteiger partial charge in [0.25, 0.3) is 0 Å². The van der Waals surface area contributed by atoms with Crippen molar-refractivity contribution in [3.8, 4) is 0 Å². The van der Waals surface area contributed by atoms with Crippen LogP contribution in [0.25, 0.3) is 0 Å². The Hall–Kier alpha value is -0.540. The Morgan fingerprint density at radius 1 is 1.24 bits per heavy atom. The maximum Gasteiger partial charge on any atom is 0.0847 e. The fourth-order valence-electron chi connectivity index (χ4n) is 3.67. The number of nitrogens with zero attached hydrogens (tertiary/aromatic N) is 2. The Morgan fingerprint density at radius 2 is 1.86 bits per heavy atom. The van der Waals surface area contributed by atoms with E-state index in [1.54, 1.807) is 0 Å². The Bertz CT molecular complexity index is 433. The van der Waals surface area contributed by atoms with E-state index < -0.39 is 0 Å². The molecule has 0 radical (unpaired) electrons. The number of nitrogens with one attached hydrogen (secondary N) is 1. The van der Waals surface area contributed by atoms with Gasteiger partial charge in [-0.3, -0.25) is 4.68 Å². The molecule has 1 saturated carbocycles. The zero-order chi connectivity index (χ0) is 15.2. The van der Waals surface area contributed by atoms with Crippen LogP contribution < -0.4 is 5.32 Å². The van der Waals surface area contributed by atoms with E-state index in [1.807, 2.05) is 6.92 Å². The van der Waals surface area contributed by atoms with E-state index in [2.05, 4.69) is 29.1 Å². The van der Waals surface area contributed by atoms with Crippen molar-refractivity contribution in [3.05, 3.63) is 16.4 Å². The molecule has 1 N–H and O–H groups in total. The first-order valence-corrected chi connectivity index (χ1v) is 8.94. The van der Waals surface area contributed by atoms with E-state index in [9.17, 15) is 0 Å². The molecule has 2 rings (SSSR count). The number of halogens is 1. The average Bonchev–Trinajstić information content (AvgIpc) is 2.72. The molecule has 1 aliphatic carbocycles. The molecule has 1 aromatic rings. The summed E-state index contributed by atoms with van der Waals surface area (Å²) in [6.45, 7) is 5.03. The summed E-state index contributed by atoms with van der Waals surface area (Å²) in [6, 6.07) is 0.516. The van der Waals surface area contributed by atoms with Crippen LogP contribution in [-0.4, -0.2) is 22.9 Å². The van der Waals surface area contributed by atoms with Crippen LogP contribution in [0.4, 0.5) is 0 Å². The van der Waals surface area contributed by atoms with E-state index >= 15 is 0 Å². The minimum atomic E-state index is 0.516. The lowest BCUT2D eigenvalue weighted by atomic mass is 9.84. The zero-order valence-electron chi connectivity index (χ0n) is 13.8. The number of rotatable bonds is 5. The van der Waals surface area contributed by atoms with Gasteiger partial charge in [0.05, 0.1) is 16.4 Å². The third-order valence-electron chi connectivity index (χ3n) is 4.96. The lowest BCUT2D eigenvalue weighted by molar-refractivity contribution is 0.290. The van der Waals surface area contributed by atoms with Crippen molar-refractivity contribution in [2.75, 3.05) is 7.05 Å². The average molecular weight is 312 g/mol. The molecule has 1 unspecified atom stereocenters. The van der Waals surface area contributed by atoms with Crippen LogP contribution in [0.3, 0.4) is 0 Å². The second-order valence-electron chi connectivity index (χ2n) is 6.37. The van der Waals surface area contributed by atoms with Crippen LogP contribution >= 0.6 is 11.6 Å². The highest BCUT2D eigenvalue weighted by atomic mass is 35.5. The molecule has 120 valence electrons. The molecule has 0 spiro atoms. The molecule has 3 nitrogen and oxygen atoms in total. The highest BCUT2D eigenvalue weighted by molar-refractivity contribution is 6.31. The van der Waals surface area contributed by atoms with Crippen LogP contribution in [0, 0.1) is 12.8 Å². The van der Waals surface area contributed by atoms with Crippen molar-refractivity contribution in [1.82, 2.24) is 15.1 Å². The van der Waals surface area contributed by atoms with Gasteiger partial charge in [0.15, 0.2) is 0 Å². The first kappa shape index (κ1) is 16.8. The van der Waals surface area contributed by atoms with E-state index in [-0.39, 0.29) is 0 Å². The Labute approximate surface area is 134 Å². The van der Waals surface area contributed by atoms with Gasteiger partial charge in [0, 0.05) is 19.0 Å². The normalized spacial score (nSPS) is 19.2. The molecule has 0 bridgehead atoms. The molecule has 21 heavy (non-hydrogen) atoms. The van der Waals surface area contributed by atoms with Gasteiger partial charge in [-0.1, -0.05) is 43.7 Å². The van der Waals surface area contributed by atoms with Crippen molar-refractivity contribution in [1.29, 1.82) is 0 Å². The predicted molar refractivity (Wildman–Crippen MR) is 90.0 cm³/mol. The molecule has 0 aromatic carbocycles. The molecule has 1 aromatic heterocycles. The Kier molecular flexibility index (Phi) is 6.56. The van der Waals surface area contributed by atoms with E-state index in [4.69, 9.17) is 11.6 Å². The SMILES string of the molecule is CCn1nc(C)c(Cl)c1CC(NC)C1CCCCCCC1. The minimum Gasteiger partial charge on any atom is -0.316 e. The van der Waals surface area contributed by atoms with Gasteiger partial charge < -0.3 is 5.32 Å².